The Bertz CT molecular complexity index is 1200. The number of aliphatic carboxylic acids is 1. The fraction of sp³-hybridized carbons (Fsp3) is 0.367. The number of carbonyl (C=O) groups excluding carboxylic acids is 1. The number of hydrogen-bond acceptors (Lipinski definition) is 6. The molecule has 2 aromatic carbocycles. The molecule has 0 bridgehead atoms. The molecule has 0 unspecified atom stereocenters. The van der Waals surface area contributed by atoms with Crippen molar-refractivity contribution in [2.24, 2.45) is 0 Å². The minimum absolute atomic E-state index is 0.0824. The van der Waals surface area contributed by atoms with Gasteiger partial charge in [0, 0.05) is 44.5 Å². The van der Waals surface area contributed by atoms with Gasteiger partial charge in [0.1, 0.15) is 0 Å². The van der Waals surface area contributed by atoms with E-state index in [-0.39, 0.29) is 5.91 Å². The molecule has 11 heteroatoms. The molecule has 1 aromatic heterocycles. The van der Waals surface area contributed by atoms with E-state index in [0.717, 1.165) is 70.0 Å². The Balaban J connectivity index is 0.000000587. The van der Waals surface area contributed by atoms with Crippen LogP contribution in [0.1, 0.15) is 27.9 Å². The van der Waals surface area contributed by atoms with Gasteiger partial charge >= 0.3 is 12.1 Å². The van der Waals surface area contributed by atoms with Crippen molar-refractivity contribution in [3.05, 3.63) is 89.6 Å². The summed E-state index contributed by atoms with van der Waals surface area (Å²) in [6, 6.07) is 22.8. The maximum absolute atomic E-state index is 12.4. The van der Waals surface area contributed by atoms with E-state index in [1.165, 1.54) is 11.1 Å². The molecule has 4 rings (SSSR count). The number of benzene rings is 2. The highest BCUT2D eigenvalue weighted by atomic mass is 19.4. The van der Waals surface area contributed by atoms with Crippen LogP contribution in [0.4, 0.5) is 13.2 Å². The van der Waals surface area contributed by atoms with E-state index in [1.54, 1.807) is 6.20 Å². The third-order valence-electron chi connectivity index (χ3n) is 6.33. The summed E-state index contributed by atoms with van der Waals surface area (Å²) in [7, 11) is 0. The number of carboxylic acid groups (broad SMARTS) is 1. The average molecular weight is 573 g/mol. The molecule has 3 N–H and O–H groups in total. The number of alkyl halides is 3. The minimum Gasteiger partial charge on any atom is -0.475 e. The minimum atomic E-state index is -5.08. The van der Waals surface area contributed by atoms with E-state index in [2.05, 4.69) is 75.1 Å². The lowest BCUT2D eigenvalue weighted by Crippen LogP contribution is -2.41. The zero-order chi connectivity index (χ0) is 29.5. The average Bonchev–Trinajstić information content (AvgIpc) is 2.98. The molecule has 1 amide bonds. The Morgan fingerprint density at radius 2 is 1.61 bits per heavy atom. The van der Waals surface area contributed by atoms with Crippen LogP contribution in [0.3, 0.4) is 0 Å². The Morgan fingerprint density at radius 1 is 0.927 bits per heavy atom. The SMILES string of the molecule is O=C(NCCN1CCOCC1)c1ccc(-c2ccc(CNCCCc3ccccc3)cc2)nc1.O=C(O)C(F)(F)F. The van der Waals surface area contributed by atoms with Crippen molar-refractivity contribution in [1.29, 1.82) is 0 Å². The summed E-state index contributed by atoms with van der Waals surface area (Å²) >= 11 is 0. The highest BCUT2D eigenvalue weighted by Gasteiger charge is 2.38. The summed E-state index contributed by atoms with van der Waals surface area (Å²) in [5.74, 6) is -2.84. The number of nitrogens with zero attached hydrogens (tertiary/aromatic N) is 2. The first-order chi connectivity index (χ1) is 19.7. The van der Waals surface area contributed by atoms with Gasteiger partial charge in [-0.3, -0.25) is 14.7 Å². The van der Waals surface area contributed by atoms with Gasteiger partial charge in [-0.1, -0.05) is 54.6 Å². The lowest BCUT2D eigenvalue weighted by molar-refractivity contribution is -0.192. The number of halogens is 3. The van der Waals surface area contributed by atoms with Gasteiger partial charge in [-0.15, -0.1) is 0 Å². The summed E-state index contributed by atoms with van der Waals surface area (Å²) in [5, 5.41) is 13.6. The Kier molecular flexibility index (Phi) is 12.7. The molecule has 8 nitrogen and oxygen atoms in total. The van der Waals surface area contributed by atoms with E-state index in [9.17, 15) is 18.0 Å². The van der Waals surface area contributed by atoms with E-state index >= 15 is 0 Å². The van der Waals surface area contributed by atoms with E-state index in [4.69, 9.17) is 14.6 Å². The van der Waals surface area contributed by atoms with Crippen LogP contribution in [0.2, 0.25) is 0 Å². The monoisotopic (exact) mass is 572 g/mol. The van der Waals surface area contributed by atoms with Crippen molar-refractivity contribution in [1.82, 2.24) is 20.5 Å². The van der Waals surface area contributed by atoms with E-state index < -0.39 is 12.1 Å². The molecular weight excluding hydrogens is 537 g/mol. The molecular formula is C30H35F3N4O4. The maximum atomic E-state index is 12.4. The first-order valence-electron chi connectivity index (χ1n) is 13.4. The highest BCUT2D eigenvalue weighted by molar-refractivity contribution is 5.94. The molecule has 0 atom stereocenters. The molecule has 0 saturated carbocycles. The molecule has 1 aliphatic rings. The van der Waals surface area contributed by atoms with Gasteiger partial charge in [0.25, 0.3) is 5.91 Å². The van der Waals surface area contributed by atoms with Crippen molar-refractivity contribution in [3.8, 4) is 11.3 Å². The van der Waals surface area contributed by atoms with E-state index in [1.807, 2.05) is 12.1 Å². The molecule has 1 fully saturated rings. The van der Waals surface area contributed by atoms with Gasteiger partial charge in [0.15, 0.2) is 0 Å². The molecule has 0 radical (unpaired) electrons. The van der Waals surface area contributed by atoms with Crippen molar-refractivity contribution in [2.45, 2.75) is 25.6 Å². The number of carboxylic acids is 1. The number of aromatic nitrogens is 1. The lowest BCUT2D eigenvalue weighted by Gasteiger charge is -2.26. The van der Waals surface area contributed by atoms with Crippen molar-refractivity contribution < 1.29 is 32.6 Å². The van der Waals surface area contributed by atoms with Gasteiger partial charge in [0.2, 0.25) is 0 Å². The molecule has 1 aliphatic heterocycles. The first-order valence-corrected chi connectivity index (χ1v) is 13.4. The number of carbonyl (C=O) groups is 2. The quantitative estimate of drug-likeness (QED) is 0.297. The summed E-state index contributed by atoms with van der Waals surface area (Å²) in [4.78, 5) is 28.1. The summed E-state index contributed by atoms with van der Waals surface area (Å²) in [6.45, 7) is 6.71. The number of nitrogens with one attached hydrogen (secondary N) is 2. The van der Waals surface area contributed by atoms with Gasteiger partial charge in [-0.05, 0) is 42.6 Å². The normalized spacial score (nSPS) is 13.6. The highest BCUT2D eigenvalue weighted by Crippen LogP contribution is 2.18. The van der Waals surface area contributed by atoms with Crippen LogP contribution in [0.15, 0.2) is 72.9 Å². The standard InChI is InChI=1S/C28H34N4O2.C2HF3O2/c33-28(30-15-16-32-17-19-34-20-18-32)26-12-13-27(31-22-26)25-10-8-24(9-11-25)21-29-14-4-7-23-5-2-1-3-6-23;3-2(4,5)1(6)7/h1-3,5-6,8-13,22,29H,4,7,14-21H2,(H,30,33);(H,6,7). The number of rotatable bonds is 11. The molecule has 41 heavy (non-hydrogen) atoms. The molecule has 1 saturated heterocycles. The predicted octanol–water partition coefficient (Wildman–Crippen LogP) is 4.17. The molecule has 2 heterocycles. The lowest BCUT2D eigenvalue weighted by atomic mass is 10.1. The summed E-state index contributed by atoms with van der Waals surface area (Å²) < 4.78 is 37.1. The number of ether oxygens (including phenoxy) is 1. The topological polar surface area (TPSA) is 104 Å². The smallest absolute Gasteiger partial charge is 0.475 e. The zero-order valence-corrected chi connectivity index (χ0v) is 22.7. The van der Waals surface area contributed by atoms with Gasteiger partial charge in [0.05, 0.1) is 24.5 Å². The molecule has 0 spiro atoms. The van der Waals surface area contributed by atoms with Crippen molar-refractivity contribution in [2.75, 3.05) is 45.9 Å². The van der Waals surface area contributed by atoms with Gasteiger partial charge < -0.3 is 20.5 Å². The second kappa shape index (κ2) is 16.5. The fourth-order valence-corrected chi connectivity index (χ4v) is 4.04. The van der Waals surface area contributed by atoms with Crippen LogP contribution in [0, 0.1) is 0 Å². The van der Waals surface area contributed by atoms with Crippen LogP contribution < -0.4 is 10.6 Å². The van der Waals surface area contributed by atoms with Gasteiger partial charge in [-0.2, -0.15) is 13.2 Å². The number of aryl methyl sites for hydroxylation is 1. The first kappa shape index (κ1) is 31.7. The zero-order valence-electron chi connectivity index (χ0n) is 22.7. The van der Waals surface area contributed by atoms with Gasteiger partial charge in [-0.25, -0.2) is 4.79 Å². The number of morpholine rings is 1. The van der Waals surface area contributed by atoms with Crippen LogP contribution in [-0.2, 0) is 22.5 Å². The molecule has 0 aliphatic carbocycles. The van der Waals surface area contributed by atoms with Crippen LogP contribution in [0.25, 0.3) is 11.3 Å². The Morgan fingerprint density at radius 3 is 2.22 bits per heavy atom. The largest absolute Gasteiger partial charge is 0.490 e. The van der Waals surface area contributed by atoms with E-state index in [0.29, 0.717) is 12.1 Å². The van der Waals surface area contributed by atoms with Crippen molar-refractivity contribution >= 4 is 11.9 Å². The van der Waals surface area contributed by atoms with Crippen molar-refractivity contribution in [3.63, 3.8) is 0 Å². The number of amides is 1. The molecule has 220 valence electrons. The van der Waals surface area contributed by atoms with Crippen LogP contribution >= 0.6 is 0 Å². The van der Waals surface area contributed by atoms with Crippen LogP contribution in [-0.4, -0.2) is 79.0 Å². The Hall–Kier alpha value is -3.80. The van der Waals surface area contributed by atoms with Crippen LogP contribution in [0.5, 0.6) is 0 Å². The maximum Gasteiger partial charge on any atom is 0.490 e. The third-order valence-corrected chi connectivity index (χ3v) is 6.33. The predicted molar refractivity (Wildman–Crippen MR) is 149 cm³/mol. The second-order valence-electron chi connectivity index (χ2n) is 9.41. The fourth-order valence-electron chi connectivity index (χ4n) is 4.04. The number of hydrogen-bond donors (Lipinski definition) is 3. The summed E-state index contributed by atoms with van der Waals surface area (Å²) in [5.41, 5.74) is 5.14. The number of pyridine rings is 1. The molecule has 3 aromatic rings. The third kappa shape index (κ3) is 11.7. The Labute approximate surface area is 237 Å². The second-order valence-corrected chi connectivity index (χ2v) is 9.41. The summed E-state index contributed by atoms with van der Waals surface area (Å²) in [6.07, 6.45) is -1.21.